The van der Waals surface area contributed by atoms with Crippen LogP contribution in [0.2, 0.25) is 0 Å². The Bertz CT molecular complexity index is 830. The van der Waals surface area contributed by atoms with Gasteiger partial charge in [0.2, 0.25) is 0 Å². The van der Waals surface area contributed by atoms with E-state index < -0.39 is 0 Å². The minimum atomic E-state index is 0.238. The lowest BCUT2D eigenvalue weighted by atomic mass is 9.89. The number of hydrogen-bond acceptors (Lipinski definition) is 2. The lowest BCUT2D eigenvalue weighted by molar-refractivity contribution is 0.0979. The summed E-state index contributed by atoms with van der Waals surface area (Å²) in [4.78, 5) is 17.4. The number of rotatable bonds is 8. The number of carbonyl (C=O) groups excluding carboxylic acids is 1. The molecule has 0 aliphatic rings. The zero-order chi connectivity index (χ0) is 20.0. The molecule has 2 aromatic carbocycles. The molecule has 0 unspecified atom stereocenters. The van der Waals surface area contributed by atoms with Gasteiger partial charge < -0.3 is 0 Å². The van der Waals surface area contributed by atoms with Crippen LogP contribution in [0.5, 0.6) is 0 Å². The summed E-state index contributed by atoms with van der Waals surface area (Å²) >= 11 is 0. The molecule has 2 aromatic rings. The van der Waals surface area contributed by atoms with Gasteiger partial charge >= 0.3 is 0 Å². The summed E-state index contributed by atoms with van der Waals surface area (Å²) in [5, 5.41) is 0. The summed E-state index contributed by atoms with van der Waals surface area (Å²) in [6.07, 6.45) is 3.47. The molecule has 0 heterocycles. The van der Waals surface area contributed by atoms with Crippen molar-refractivity contribution in [3.05, 3.63) is 69.8 Å². The Hall–Kier alpha value is -2.22. The molecule has 0 N–H and O–H groups in total. The Morgan fingerprint density at radius 1 is 1.00 bits per heavy atom. The fourth-order valence-corrected chi connectivity index (χ4v) is 3.84. The van der Waals surface area contributed by atoms with E-state index >= 15 is 0 Å². The Morgan fingerprint density at radius 3 is 2.22 bits per heavy atom. The fourth-order valence-electron chi connectivity index (χ4n) is 3.84. The Kier molecular flexibility index (Phi) is 7.53. The van der Waals surface area contributed by atoms with Gasteiger partial charge in [-0.25, -0.2) is 0 Å². The monoisotopic (exact) mass is 363 g/mol. The average Bonchev–Trinajstić information content (AvgIpc) is 2.64. The molecule has 0 aliphatic carbocycles. The van der Waals surface area contributed by atoms with E-state index in [1.165, 1.54) is 16.7 Å². The topological polar surface area (TPSA) is 29.4 Å². The maximum atomic E-state index is 12.9. The van der Waals surface area contributed by atoms with Crippen LogP contribution in [0.4, 0.5) is 0 Å². The SMILES string of the molecule is CCc1ccccc1CCCC(=O)c1cc(C(=NC)C(C)C)c(C)cc1C. The van der Waals surface area contributed by atoms with Gasteiger partial charge in [0.1, 0.15) is 0 Å². The van der Waals surface area contributed by atoms with Gasteiger partial charge in [-0.2, -0.15) is 0 Å². The highest BCUT2D eigenvalue weighted by atomic mass is 16.1. The summed E-state index contributed by atoms with van der Waals surface area (Å²) < 4.78 is 0. The standard InChI is InChI=1S/C25H33NO/c1-7-20-11-8-9-12-21(20)13-10-14-24(27)22-16-23(19(5)15-18(22)4)25(26-6)17(2)3/h8-9,11-12,15-17H,7,10,13-14H2,1-6H3. The van der Waals surface area contributed by atoms with Crippen molar-refractivity contribution >= 4 is 11.5 Å². The van der Waals surface area contributed by atoms with E-state index in [9.17, 15) is 4.79 Å². The van der Waals surface area contributed by atoms with E-state index in [1.54, 1.807) is 0 Å². The number of hydrogen-bond donors (Lipinski definition) is 0. The minimum Gasteiger partial charge on any atom is -0.294 e. The average molecular weight is 364 g/mol. The van der Waals surface area contributed by atoms with E-state index in [0.717, 1.165) is 41.7 Å². The molecule has 0 spiro atoms. The van der Waals surface area contributed by atoms with Gasteiger partial charge in [0.25, 0.3) is 0 Å². The Balaban J connectivity index is 2.16. The van der Waals surface area contributed by atoms with Crippen molar-refractivity contribution < 1.29 is 4.79 Å². The van der Waals surface area contributed by atoms with Gasteiger partial charge in [-0.05, 0) is 72.9 Å². The zero-order valence-corrected chi connectivity index (χ0v) is 17.7. The molecule has 0 amide bonds. The molecule has 27 heavy (non-hydrogen) atoms. The zero-order valence-electron chi connectivity index (χ0n) is 17.7. The van der Waals surface area contributed by atoms with Gasteiger partial charge in [0.05, 0.1) is 0 Å². The second kappa shape index (κ2) is 9.64. The van der Waals surface area contributed by atoms with E-state index in [2.05, 4.69) is 69.1 Å². The largest absolute Gasteiger partial charge is 0.294 e. The van der Waals surface area contributed by atoms with Crippen LogP contribution in [0.1, 0.15) is 71.8 Å². The van der Waals surface area contributed by atoms with E-state index in [0.29, 0.717) is 12.3 Å². The number of benzene rings is 2. The first-order valence-corrected chi connectivity index (χ1v) is 10.1. The third-order valence-corrected chi connectivity index (χ3v) is 5.28. The van der Waals surface area contributed by atoms with Gasteiger partial charge in [-0.1, -0.05) is 51.1 Å². The molecule has 2 heteroatoms. The second-order valence-corrected chi connectivity index (χ2v) is 7.64. The quantitative estimate of drug-likeness (QED) is 0.409. The highest BCUT2D eigenvalue weighted by Gasteiger charge is 2.16. The van der Waals surface area contributed by atoms with Crippen molar-refractivity contribution in [3.8, 4) is 0 Å². The van der Waals surface area contributed by atoms with Crippen LogP contribution in [0, 0.1) is 19.8 Å². The normalized spacial score (nSPS) is 11.9. The van der Waals surface area contributed by atoms with Gasteiger partial charge in [0, 0.05) is 24.7 Å². The van der Waals surface area contributed by atoms with Crippen LogP contribution in [0.3, 0.4) is 0 Å². The first-order chi connectivity index (χ1) is 12.9. The van der Waals surface area contributed by atoms with Crippen molar-refractivity contribution in [1.29, 1.82) is 0 Å². The molecule has 0 atom stereocenters. The van der Waals surface area contributed by atoms with Gasteiger partial charge in [0.15, 0.2) is 5.78 Å². The number of aliphatic imine (C=N–C) groups is 1. The molecular weight excluding hydrogens is 330 g/mol. The number of aryl methyl sites for hydroxylation is 4. The van der Waals surface area contributed by atoms with Crippen LogP contribution >= 0.6 is 0 Å². The fraction of sp³-hybridized carbons (Fsp3) is 0.440. The van der Waals surface area contributed by atoms with Crippen molar-refractivity contribution in [1.82, 2.24) is 0 Å². The number of nitrogens with zero attached hydrogens (tertiary/aromatic N) is 1. The molecule has 0 saturated carbocycles. The Morgan fingerprint density at radius 2 is 1.63 bits per heavy atom. The summed E-state index contributed by atoms with van der Waals surface area (Å²) in [5.41, 5.74) is 8.04. The third kappa shape index (κ3) is 5.15. The number of carbonyl (C=O) groups is 1. The smallest absolute Gasteiger partial charge is 0.163 e. The predicted molar refractivity (Wildman–Crippen MR) is 116 cm³/mol. The molecule has 144 valence electrons. The first kappa shape index (κ1) is 21.1. The van der Waals surface area contributed by atoms with Crippen LogP contribution in [-0.2, 0) is 12.8 Å². The molecule has 0 aromatic heterocycles. The lowest BCUT2D eigenvalue weighted by Gasteiger charge is -2.16. The van der Waals surface area contributed by atoms with Crippen LogP contribution in [0.15, 0.2) is 41.4 Å². The summed E-state index contributed by atoms with van der Waals surface area (Å²) in [7, 11) is 1.83. The first-order valence-electron chi connectivity index (χ1n) is 10.1. The van der Waals surface area contributed by atoms with E-state index in [4.69, 9.17) is 0 Å². The second-order valence-electron chi connectivity index (χ2n) is 7.64. The lowest BCUT2D eigenvalue weighted by Crippen LogP contribution is -2.13. The summed E-state index contributed by atoms with van der Waals surface area (Å²) in [5.74, 6) is 0.576. The molecular formula is C25H33NO. The van der Waals surface area contributed by atoms with Gasteiger partial charge in [-0.3, -0.25) is 9.79 Å². The van der Waals surface area contributed by atoms with Crippen LogP contribution < -0.4 is 0 Å². The summed E-state index contributed by atoms with van der Waals surface area (Å²) in [6.45, 7) is 10.6. The predicted octanol–water partition coefficient (Wildman–Crippen LogP) is 6.15. The highest BCUT2D eigenvalue weighted by Crippen LogP contribution is 2.22. The molecule has 2 nitrogen and oxygen atoms in total. The van der Waals surface area contributed by atoms with Crippen LogP contribution in [0.25, 0.3) is 0 Å². The third-order valence-electron chi connectivity index (χ3n) is 5.28. The van der Waals surface area contributed by atoms with Gasteiger partial charge in [-0.15, -0.1) is 0 Å². The molecule has 0 saturated heterocycles. The molecule has 2 rings (SSSR count). The van der Waals surface area contributed by atoms with Crippen molar-refractivity contribution in [2.75, 3.05) is 7.05 Å². The van der Waals surface area contributed by atoms with E-state index in [1.807, 2.05) is 14.0 Å². The minimum absolute atomic E-state index is 0.238. The molecule has 0 fully saturated rings. The highest BCUT2D eigenvalue weighted by molar-refractivity contribution is 6.06. The maximum absolute atomic E-state index is 12.9. The van der Waals surface area contributed by atoms with Crippen LogP contribution in [-0.4, -0.2) is 18.5 Å². The molecule has 0 radical (unpaired) electrons. The number of ketones is 1. The number of Topliss-reactive ketones (excluding diaryl/α,β-unsaturated/α-hetero) is 1. The summed E-state index contributed by atoms with van der Waals surface area (Å²) in [6, 6.07) is 12.7. The molecule has 0 bridgehead atoms. The maximum Gasteiger partial charge on any atom is 0.163 e. The molecule has 0 aliphatic heterocycles. The van der Waals surface area contributed by atoms with Crippen molar-refractivity contribution in [2.24, 2.45) is 10.9 Å². The van der Waals surface area contributed by atoms with Crippen molar-refractivity contribution in [2.45, 2.75) is 60.3 Å². The van der Waals surface area contributed by atoms with Crippen molar-refractivity contribution in [3.63, 3.8) is 0 Å². The Labute approximate surface area is 164 Å². The van der Waals surface area contributed by atoms with E-state index in [-0.39, 0.29) is 5.78 Å².